The molecule has 0 spiro atoms. The molecule has 4 aromatic rings. The molecule has 0 radical (unpaired) electrons. The second kappa shape index (κ2) is 8.20. The number of amides is 2. The van der Waals surface area contributed by atoms with E-state index in [0.717, 1.165) is 10.5 Å². The maximum absolute atomic E-state index is 12.6. The van der Waals surface area contributed by atoms with E-state index in [-0.39, 0.29) is 18.4 Å². The number of imide groups is 1. The lowest BCUT2D eigenvalue weighted by molar-refractivity contribution is 0.0466. The van der Waals surface area contributed by atoms with Gasteiger partial charge in [0.05, 0.1) is 22.4 Å². The van der Waals surface area contributed by atoms with Crippen LogP contribution in [0.25, 0.3) is 11.5 Å². The van der Waals surface area contributed by atoms with Gasteiger partial charge in [0, 0.05) is 5.56 Å². The van der Waals surface area contributed by atoms with Gasteiger partial charge in [0.15, 0.2) is 0 Å². The predicted octanol–water partition coefficient (Wildman–Crippen LogP) is 4.81. The monoisotopic (exact) mass is 438 g/mol. The van der Waals surface area contributed by atoms with Crippen molar-refractivity contribution in [2.45, 2.75) is 13.5 Å². The van der Waals surface area contributed by atoms with Crippen molar-refractivity contribution in [3.8, 4) is 11.5 Å². The summed E-state index contributed by atoms with van der Waals surface area (Å²) < 4.78 is 11.1. The molecule has 162 valence electrons. The Balaban J connectivity index is 1.27. The summed E-state index contributed by atoms with van der Waals surface area (Å²) in [6, 6.07) is 22.3. The Morgan fingerprint density at radius 1 is 0.879 bits per heavy atom. The molecule has 0 aliphatic carbocycles. The molecule has 1 aromatic heterocycles. The van der Waals surface area contributed by atoms with E-state index in [9.17, 15) is 14.4 Å². The van der Waals surface area contributed by atoms with Crippen molar-refractivity contribution >= 4 is 23.5 Å². The Bertz CT molecular complexity index is 1340. The maximum Gasteiger partial charge on any atom is 0.338 e. The lowest BCUT2D eigenvalue weighted by Gasteiger charge is -2.14. The summed E-state index contributed by atoms with van der Waals surface area (Å²) in [6.07, 6.45) is 0. The number of esters is 1. The van der Waals surface area contributed by atoms with Crippen molar-refractivity contribution in [1.29, 1.82) is 0 Å². The summed E-state index contributed by atoms with van der Waals surface area (Å²) in [7, 11) is 0. The van der Waals surface area contributed by atoms with Gasteiger partial charge in [0.1, 0.15) is 18.1 Å². The molecule has 7 nitrogen and oxygen atoms in total. The van der Waals surface area contributed by atoms with Gasteiger partial charge in [-0.3, -0.25) is 9.59 Å². The largest absolute Gasteiger partial charge is 0.455 e. The van der Waals surface area contributed by atoms with Crippen LogP contribution in [-0.2, 0) is 11.3 Å². The Morgan fingerprint density at radius 3 is 2.12 bits per heavy atom. The van der Waals surface area contributed by atoms with Crippen LogP contribution in [0.3, 0.4) is 0 Å². The van der Waals surface area contributed by atoms with Crippen LogP contribution < -0.4 is 4.90 Å². The Hall–Kier alpha value is -4.52. The first kappa shape index (κ1) is 20.4. The van der Waals surface area contributed by atoms with Gasteiger partial charge >= 0.3 is 5.97 Å². The predicted molar refractivity (Wildman–Crippen MR) is 120 cm³/mol. The highest BCUT2D eigenvalue weighted by atomic mass is 16.5. The number of anilines is 1. The minimum absolute atomic E-state index is 0.0405. The molecule has 0 bridgehead atoms. The normalized spacial score (nSPS) is 12.7. The molecule has 0 unspecified atom stereocenters. The number of benzene rings is 3. The van der Waals surface area contributed by atoms with Crippen LogP contribution in [0.4, 0.5) is 5.69 Å². The SMILES string of the molecule is Cc1oc(-c2ccccc2)nc1COC(=O)c1ccc(N2C(=O)c3ccccc3C2=O)cc1. The van der Waals surface area contributed by atoms with Crippen molar-refractivity contribution in [2.24, 2.45) is 0 Å². The third-order valence-corrected chi connectivity index (χ3v) is 5.41. The summed E-state index contributed by atoms with van der Waals surface area (Å²) in [5.74, 6) is -0.289. The first-order chi connectivity index (χ1) is 16.0. The first-order valence-corrected chi connectivity index (χ1v) is 10.3. The molecule has 5 rings (SSSR count). The summed E-state index contributed by atoms with van der Waals surface area (Å²) in [5, 5.41) is 0. The maximum atomic E-state index is 12.6. The van der Waals surface area contributed by atoms with Gasteiger partial charge in [0.25, 0.3) is 11.8 Å². The molecule has 7 heteroatoms. The zero-order chi connectivity index (χ0) is 22.9. The number of aromatic nitrogens is 1. The van der Waals surface area contributed by atoms with E-state index >= 15 is 0 Å². The van der Waals surface area contributed by atoms with E-state index in [1.807, 2.05) is 30.3 Å². The summed E-state index contributed by atoms with van der Waals surface area (Å²) in [6.45, 7) is 1.72. The molecule has 33 heavy (non-hydrogen) atoms. The molecular weight excluding hydrogens is 420 g/mol. The van der Waals surface area contributed by atoms with E-state index in [1.54, 1.807) is 43.3 Å². The van der Waals surface area contributed by atoms with Crippen LogP contribution in [0.5, 0.6) is 0 Å². The lowest BCUT2D eigenvalue weighted by atomic mass is 10.1. The van der Waals surface area contributed by atoms with E-state index in [4.69, 9.17) is 9.15 Å². The van der Waals surface area contributed by atoms with Gasteiger partial charge < -0.3 is 9.15 Å². The van der Waals surface area contributed by atoms with Crippen molar-refractivity contribution in [3.05, 3.63) is 107 Å². The number of oxazole rings is 1. The number of hydrogen-bond donors (Lipinski definition) is 0. The van der Waals surface area contributed by atoms with Crippen LogP contribution in [0.2, 0.25) is 0 Å². The fourth-order valence-electron chi connectivity index (χ4n) is 3.65. The van der Waals surface area contributed by atoms with Gasteiger partial charge in [-0.2, -0.15) is 0 Å². The topological polar surface area (TPSA) is 89.7 Å². The highest BCUT2D eigenvalue weighted by molar-refractivity contribution is 6.34. The van der Waals surface area contributed by atoms with Crippen LogP contribution in [0, 0.1) is 6.92 Å². The minimum atomic E-state index is -0.549. The molecule has 0 atom stereocenters. The fraction of sp³-hybridized carbons (Fsp3) is 0.0769. The summed E-state index contributed by atoms with van der Waals surface area (Å²) in [5.41, 5.74) is 2.77. The van der Waals surface area contributed by atoms with Crippen molar-refractivity contribution in [3.63, 3.8) is 0 Å². The Kier molecular flexibility index (Phi) is 5.06. The average Bonchev–Trinajstić information content (AvgIpc) is 3.35. The third-order valence-electron chi connectivity index (χ3n) is 5.41. The number of carbonyl (C=O) groups excluding carboxylic acids is 3. The quantitative estimate of drug-likeness (QED) is 0.328. The van der Waals surface area contributed by atoms with Crippen molar-refractivity contribution < 1.29 is 23.5 Å². The van der Waals surface area contributed by atoms with E-state index in [0.29, 0.717) is 39.7 Å². The zero-order valence-corrected chi connectivity index (χ0v) is 17.6. The molecule has 1 aliphatic heterocycles. The highest BCUT2D eigenvalue weighted by Crippen LogP contribution is 2.28. The van der Waals surface area contributed by atoms with Gasteiger partial charge in [-0.25, -0.2) is 14.7 Å². The van der Waals surface area contributed by atoms with Gasteiger partial charge in [0.2, 0.25) is 5.89 Å². The van der Waals surface area contributed by atoms with Crippen molar-refractivity contribution in [2.75, 3.05) is 4.90 Å². The Labute approximate surface area is 189 Å². The smallest absolute Gasteiger partial charge is 0.338 e. The molecule has 2 heterocycles. The minimum Gasteiger partial charge on any atom is -0.455 e. The molecule has 0 N–H and O–H groups in total. The van der Waals surface area contributed by atoms with Crippen molar-refractivity contribution in [1.82, 2.24) is 4.98 Å². The van der Waals surface area contributed by atoms with Gasteiger partial charge in [-0.15, -0.1) is 0 Å². The fourth-order valence-corrected chi connectivity index (χ4v) is 3.65. The zero-order valence-electron chi connectivity index (χ0n) is 17.6. The lowest BCUT2D eigenvalue weighted by Crippen LogP contribution is -2.29. The number of ether oxygens (including phenoxy) is 1. The summed E-state index contributed by atoms with van der Waals surface area (Å²) >= 11 is 0. The molecular formula is C26H18N2O5. The number of nitrogens with zero attached hydrogens (tertiary/aromatic N) is 2. The number of aryl methyl sites for hydroxylation is 1. The van der Waals surface area contributed by atoms with Crippen LogP contribution >= 0.6 is 0 Å². The summed E-state index contributed by atoms with van der Waals surface area (Å²) in [4.78, 5) is 43.3. The second-order valence-corrected chi connectivity index (χ2v) is 7.50. The van der Waals surface area contributed by atoms with E-state index in [2.05, 4.69) is 4.98 Å². The van der Waals surface area contributed by atoms with Gasteiger partial charge in [-0.1, -0.05) is 30.3 Å². The molecule has 0 saturated carbocycles. The van der Waals surface area contributed by atoms with Crippen LogP contribution in [0.15, 0.2) is 83.3 Å². The Morgan fingerprint density at radius 2 is 1.48 bits per heavy atom. The standard InChI is InChI=1S/C26H18N2O5/c1-16-22(27-23(33-16)17-7-3-2-4-8-17)15-32-26(31)18-11-13-19(14-12-18)28-24(29)20-9-5-6-10-21(20)25(28)30/h2-14H,15H2,1H3. The van der Waals surface area contributed by atoms with Crippen LogP contribution in [-0.4, -0.2) is 22.8 Å². The number of hydrogen-bond acceptors (Lipinski definition) is 6. The second-order valence-electron chi connectivity index (χ2n) is 7.50. The molecule has 0 saturated heterocycles. The van der Waals surface area contributed by atoms with Gasteiger partial charge in [-0.05, 0) is 55.5 Å². The number of carbonyl (C=O) groups is 3. The van der Waals surface area contributed by atoms with Crippen LogP contribution in [0.1, 0.15) is 42.5 Å². The van der Waals surface area contributed by atoms with E-state index in [1.165, 1.54) is 12.1 Å². The molecule has 0 fully saturated rings. The van der Waals surface area contributed by atoms with E-state index < -0.39 is 5.97 Å². The molecule has 3 aromatic carbocycles. The number of rotatable bonds is 5. The molecule has 2 amide bonds. The average molecular weight is 438 g/mol. The highest BCUT2D eigenvalue weighted by Gasteiger charge is 2.36. The third kappa shape index (κ3) is 3.70. The molecule has 1 aliphatic rings. The first-order valence-electron chi connectivity index (χ1n) is 10.3. The number of fused-ring (bicyclic) bond motifs is 1.